The highest BCUT2D eigenvalue weighted by molar-refractivity contribution is 5.93. The van der Waals surface area contributed by atoms with Crippen molar-refractivity contribution in [3.8, 4) is 0 Å². The maximum absolute atomic E-state index is 13.0. The maximum Gasteiger partial charge on any atom is 0.303 e. The van der Waals surface area contributed by atoms with E-state index in [4.69, 9.17) is 5.11 Å². The van der Waals surface area contributed by atoms with Gasteiger partial charge in [0, 0.05) is 25.2 Å². The minimum atomic E-state index is -0.801. The number of nitrogens with zero attached hydrogens (tertiary/aromatic N) is 3. The fourth-order valence-corrected chi connectivity index (χ4v) is 3.41. The summed E-state index contributed by atoms with van der Waals surface area (Å²) < 4.78 is 1.84. The number of rotatable bonds is 7. The van der Waals surface area contributed by atoms with Crippen LogP contribution in [0.25, 0.3) is 0 Å². The number of amides is 1. The van der Waals surface area contributed by atoms with Gasteiger partial charge in [0.1, 0.15) is 5.69 Å². The van der Waals surface area contributed by atoms with Crippen LogP contribution in [-0.2, 0) is 4.79 Å². The molecule has 0 unspecified atom stereocenters. The van der Waals surface area contributed by atoms with Gasteiger partial charge in [-0.25, -0.2) is 0 Å². The standard InChI is InChI=1S/C17H27N3O3/c1-3-13(4-2)20-15(10-11-18-20)17(23)19-12-6-5-7-14(19)8-9-16(21)22/h10-11,13-14H,3-9,12H2,1-2H3,(H,21,22)/t14-/m1/s1. The van der Waals surface area contributed by atoms with Crippen molar-refractivity contribution in [2.24, 2.45) is 0 Å². The number of piperidine rings is 1. The number of carboxylic acids is 1. The summed E-state index contributed by atoms with van der Waals surface area (Å²) >= 11 is 0. The quantitative estimate of drug-likeness (QED) is 0.837. The molecule has 1 aromatic heterocycles. The Morgan fingerprint density at radius 2 is 2.09 bits per heavy atom. The first-order valence-electron chi connectivity index (χ1n) is 8.64. The van der Waals surface area contributed by atoms with Gasteiger partial charge in [0.15, 0.2) is 0 Å². The van der Waals surface area contributed by atoms with Gasteiger partial charge in [-0.05, 0) is 44.6 Å². The summed E-state index contributed by atoms with van der Waals surface area (Å²) in [6, 6.07) is 2.03. The predicted octanol–water partition coefficient (Wildman–Crippen LogP) is 3.10. The molecule has 1 atom stereocenters. The molecule has 0 radical (unpaired) electrons. The molecule has 0 bridgehead atoms. The number of carboxylic acid groups (broad SMARTS) is 1. The smallest absolute Gasteiger partial charge is 0.303 e. The molecule has 1 amide bonds. The summed E-state index contributed by atoms with van der Waals surface area (Å²) in [5.74, 6) is -0.811. The second-order valence-electron chi connectivity index (χ2n) is 6.21. The molecule has 1 N–H and O–H groups in total. The van der Waals surface area contributed by atoms with Gasteiger partial charge in [-0.3, -0.25) is 14.3 Å². The van der Waals surface area contributed by atoms with E-state index in [1.54, 1.807) is 12.3 Å². The maximum atomic E-state index is 13.0. The molecular weight excluding hydrogens is 294 g/mol. The number of carbonyl (C=O) groups is 2. The van der Waals surface area contributed by atoms with Gasteiger partial charge in [-0.1, -0.05) is 13.8 Å². The lowest BCUT2D eigenvalue weighted by atomic mass is 9.97. The number of carbonyl (C=O) groups excluding carboxylic acids is 1. The van der Waals surface area contributed by atoms with E-state index in [2.05, 4.69) is 18.9 Å². The average Bonchev–Trinajstić information content (AvgIpc) is 3.03. The Bertz CT molecular complexity index is 537. The molecule has 1 aliphatic heterocycles. The molecule has 2 heterocycles. The zero-order valence-corrected chi connectivity index (χ0v) is 14.1. The van der Waals surface area contributed by atoms with E-state index >= 15 is 0 Å². The van der Waals surface area contributed by atoms with E-state index in [1.165, 1.54) is 0 Å². The fraction of sp³-hybridized carbons (Fsp3) is 0.706. The minimum Gasteiger partial charge on any atom is -0.481 e. The SMILES string of the molecule is CCC(CC)n1nccc1C(=O)N1CCCC[C@@H]1CCC(=O)O. The van der Waals surface area contributed by atoms with Crippen LogP contribution in [0.3, 0.4) is 0 Å². The summed E-state index contributed by atoms with van der Waals surface area (Å²) in [4.78, 5) is 25.7. The van der Waals surface area contributed by atoms with Crippen LogP contribution in [0.2, 0.25) is 0 Å². The lowest BCUT2D eigenvalue weighted by molar-refractivity contribution is -0.137. The second kappa shape index (κ2) is 8.13. The Morgan fingerprint density at radius 1 is 1.35 bits per heavy atom. The molecule has 128 valence electrons. The highest BCUT2D eigenvalue weighted by Gasteiger charge is 2.30. The van der Waals surface area contributed by atoms with Crippen molar-refractivity contribution in [2.75, 3.05) is 6.54 Å². The molecule has 0 spiro atoms. The number of hydrogen-bond donors (Lipinski definition) is 1. The third kappa shape index (κ3) is 4.12. The minimum absolute atomic E-state index is 0.00973. The highest BCUT2D eigenvalue weighted by atomic mass is 16.4. The van der Waals surface area contributed by atoms with Gasteiger partial charge < -0.3 is 10.0 Å². The molecule has 1 fully saturated rings. The summed E-state index contributed by atoms with van der Waals surface area (Å²) in [5, 5.41) is 13.3. The molecule has 6 nitrogen and oxygen atoms in total. The van der Waals surface area contributed by atoms with Crippen molar-refractivity contribution < 1.29 is 14.7 Å². The third-order valence-electron chi connectivity index (χ3n) is 4.76. The Kier molecular flexibility index (Phi) is 6.19. The van der Waals surface area contributed by atoms with Crippen molar-refractivity contribution >= 4 is 11.9 Å². The Hall–Kier alpha value is -1.85. The Morgan fingerprint density at radius 3 is 2.74 bits per heavy atom. The van der Waals surface area contributed by atoms with Gasteiger partial charge in [-0.2, -0.15) is 5.10 Å². The average molecular weight is 321 g/mol. The summed E-state index contributed by atoms with van der Waals surface area (Å²) in [6.07, 6.45) is 7.11. The monoisotopic (exact) mass is 321 g/mol. The summed E-state index contributed by atoms with van der Waals surface area (Å²) in [5.41, 5.74) is 0.626. The zero-order valence-electron chi connectivity index (χ0n) is 14.1. The normalized spacial score (nSPS) is 18.4. The van der Waals surface area contributed by atoms with Crippen LogP contribution in [0.15, 0.2) is 12.3 Å². The van der Waals surface area contributed by atoms with Crippen LogP contribution < -0.4 is 0 Å². The zero-order chi connectivity index (χ0) is 16.8. The molecule has 23 heavy (non-hydrogen) atoms. The van der Waals surface area contributed by atoms with Gasteiger partial charge in [0.2, 0.25) is 0 Å². The molecule has 0 saturated carbocycles. The second-order valence-corrected chi connectivity index (χ2v) is 6.21. The lowest BCUT2D eigenvalue weighted by Crippen LogP contribution is -2.44. The third-order valence-corrected chi connectivity index (χ3v) is 4.76. The fourth-order valence-electron chi connectivity index (χ4n) is 3.41. The van der Waals surface area contributed by atoms with Gasteiger partial charge in [0.05, 0.1) is 6.04 Å². The number of likely N-dealkylation sites (tertiary alicyclic amines) is 1. The molecule has 0 aromatic carbocycles. The topological polar surface area (TPSA) is 75.4 Å². The van der Waals surface area contributed by atoms with Crippen molar-refractivity contribution in [1.82, 2.24) is 14.7 Å². The van der Waals surface area contributed by atoms with Crippen LogP contribution in [0.5, 0.6) is 0 Å². The van der Waals surface area contributed by atoms with E-state index in [-0.39, 0.29) is 24.4 Å². The van der Waals surface area contributed by atoms with Crippen LogP contribution >= 0.6 is 0 Å². The highest BCUT2D eigenvalue weighted by Crippen LogP contribution is 2.25. The summed E-state index contributed by atoms with van der Waals surface area (Å²) in [6.45, 7) is 4.90. The summed E-state index contributed by atoms with van der Waals surface area (Å²) in [7, 11) is 0. The van der Waals surface area contributed by atoms with Gasteiger partial charge in [0.25, 0.3) is 5.91 Å². The first-order valence-corrected chi connectivity index (χ1v) is 8.64. The number of hydrogen-bond acceptors (Lipinski definition) is 3. The molecule has 1 aliphatic rings. The van der Waals surface area contributed by atoms with Crippen LogP contribution in [-0.4, -0.2) is 44.3 Å². The van der Waals surface area contributed by atoms with Crippen molar-refractivity contribution in [1.29, 1.82) is 0 Å². The van der Waals surface area contributed by atoms with E-state index in [0.717, 1.165) is 32.1 Å². The van der Waals surface area contributed by atoms with Crippen LogP contribution in [0.1, 0.15) is 75.3 Å². The first kappa shape index (κ1) is 17.5. The molecule has 1 saturated heterocycles. The van der Waals surface area contributed by atoms with Gasteiger partial charge >= 0.3 is 5.97 Å². The Labute approximate surface area is 137 Å². The molecule has 6 heteroatoms. The predicted molar refractivity (Wildman–Crippen MR) is 87.4 cm³/mol. The number of aliphatic carboxylic acids is 1. The largest absolute Gasteiger partial charge is 0.481 e. The molecule has 2 rings (SSSR count). The van der Waals surface area contributed by atoms with E-state index < -0.39 is 5.97 Å². The van der Waals surface area contributed by atoms with Crippen LogP contribution in [0.4, 0.5) is 0 Å². The van der Waals surface area contributed by atoms with E-state index in [9.17, 15) is 9.59 Å². The van der Waals surface area contributed by atoms with Crippen molar-refractivity contribution in [3.63, 3.8) is 0 Å². The van der Waals surface area contributed by atoms with Crippen molar-refractivity contribution in [3.05, 3.63) is 18.0 Å². The Balaban J connectivity index is 2.17. The molecule has 0 aliphatic carbocycles. The van der Waals surface area contributed by atoms with E-state index in [1.807, 2.05) is 9.58 Å². The van der Waals surface area contributed by atoms with E-state index in [0.29, 0.717) is 18.7 Å². The molecular formula is C17H27N3O3. The lowest BCUT2D eigenvalue weighted by Gasteiger charge is -2.36. The van der Waals surface area contributed by atoms with Gasteiger partial charge in [-0.15, -0.1) is 0 Å². The number of aromatic nitrogens is 2. The van der Waals surface area contributed by atoms with Crippen molar-refractivity contribution in [2.45, 2.75) is 70.9 Å². The van der Waals surface area contributed by atoms with Crippen LogP contribution in [0, 0.1) is 0 Å². The molecule has 1 aromatic rings. The first-order chi connectivity index (χ1) is 11.1.